The summed E-state index contributed by atoms with van der Waals surface area (Å²) in [4.78, 5) is 22.2. The van der Waals surface area contributed by atoms with Gasteiger partial charge in [0.25, 0.3) is 0 Å². The first-order chi connectivity index (χ1) is 14.5. The minimum absolute atomic E-state index is 0.230. The van der Waals surface area contributed by atoms with Crippen molar-refractivity contribution in [1.29, 1.82) is 0 Å². The highest BCUT2D eigenvalue weighted by atomic mass is 35.5. The fraction of sp³-hybridized carbons (Fsp3) is 0.176. The first-order valence-corrected chi connectivity index (χ1v) is 9.53. The Morgan fingerprint density at radius 2 is 1.90 bits per heavy atom. The fourth-order valence-corrected chi connectivity index (χ4v) is 3.49. The Bertz CT molecular complexity index is 1260. The van der Waals surface area contributed by atoms with Crippen LogP contribution in [0.25, 0.3) is 11.5 Å². The molecule has 0 bridgehead atoms. The Morgan fingerprint density at radius 3 is 2.60 bits per heavy atom. The third-order valence-electron chi connectivity index (χ3n) is 4.49. The maximum Gasteiger partial charge on any atom is 0.323 e. The minimum atomic E-state index is -1.01. The quantitative estimate of drug-likeness (QED) is 0.494. The summed E-state index contributed by atoms with van der Waals surface area (Å²) in [6.07, 6.45) is 5.19. The first-order valence-electron chi connectivity index (χ1n) is 8.78. The van der Waals surface area contributed by atoms with Gasteiger partial charge in [-0.3, -0.25) is 0 Å². The molecule has 0 spiro atoms. The Hall–Kier alpha value is -3.31. The molecule has 2 unspecified atom stereocenters. The van der Waals surface area contributed by atoms with Crippen LogP contribution in [0.4, 0.5) is 20.6 Å². The lowest BCUT2D eigenvalue weighted by molar-refractivity contribution is 0.262. The summed E-state index contributed by atoms with van der Waals surface area (Å²) in [5, 5.41) is 17.9. The maximum absolute atomic E-state index is 13.8. The van der Waals surface area contributed by atoms with Crippen LogP contribution in [0.5, 0.6) is 0 Å². The number of aromatic nitrogens is 7. The van der Waals surface area contributed by atoms with Gasteiger partial charge < -0.3 is 10.6 Å². The molecule has 13 heteroatoms. The monoisotopic (exact) mass is 447 g/mol. The molecule has 2 amide bonds. The van der Waals surface area contributed by atoms with E-state index < -0.39 is 18.1 Å². The predicted octanol–water partition coefficient (Wildman–Crippen LogP) is 3.48. The zero-order chi connectivity index (χ0) is 20.8. The molecular formula is C17H12Cl2FN9O. The number of rotatable bonds is 4. The van der Waals surface area contributed by atoms with Crippen LogP contribution in [0.3, 0.4) is 0 Å². The lowest BCUT2D eigenvalue weighted by atomic mass is 10.2. The second kappa shape index (κ2) is 7.18. The molecule has 0 aliphatic heterocycles. The van der Waals surface area contributed by atoms with Crippen LogP contribution in [0.2, 0.25) is 10.2 Å². The summed E-state index contributed by atoms with van der Waals surface area (Å²) in [5.74, 6) is -0.0680. The highest BCUT2D eigenvalue weighted by Crippen LogP contribution is 2.46. The lowest BCUT2D eigenvalue weighted by Gasteiger charge is -2.13. The average Bonchev–Trinajstić information content (AvgIpc) is 3.08. The van der Waals surface area contributed by atoms with E-state index in [2.05, 4.69) is 35.9 Å². The number of pyridine rings is 1. The van der Waals surface area contributed by atoms with Crippen LogP contribution in [-0.2, 0) is 0 Å². The predicted molar refractivity (Wildman–Crippen MR) is 107 cm³/mol. The van der Waals surface area contributed by atoms with Crippen molar-refractivity contribution < 1.29 is 9.18 Å². The third kappa shape index (κ3) is 3.42. The van der Waals surface area contributed by atoms with Gasteiger partial charge in [-0.25, -0.2) is 23.7 Å². The Kier molecular flexibility index (Phi) is 4.48. The largest absolute Gasteiger partial charge is 0.323 e. The van der Waals surface area contributed by atoms with E-state index in [9.17, 15) is 9.18 Å². The van der Waals surface area contributed by atoms with E-state index in [-0.39, 0.29) is 10.2 Å². The van der Waals surface area contributed by atoms with E-state index in [1.807, 2.05) is 0 Å². The van der Waals surface area contributed by atoms with Gasteiger partial charge in [0, 0.05) is 12.0 Å². The molecule has 4 heterocycles. The van der Waals surface area contributed by atoms with Gasteiger partial charge in [-0.1, -0.05) is 23.2 Å². The number of urea groups is 1. The molecular weight excluding hydrogens is 436 g/mol. The Balaban J connectivity index is 1.38. The molecule has 30 heavy (non-hydrogen) atoms. The van der Waals surface area contributed by atoms with Crippen LogP contribution < -0.4 is 10.6 Å². The van der Waals surface area contributed by atoms with Gasteiger partial charge in [-0.15, -0.1) is 4.80 Å². The summed E-state index contributed by atoms with van der Waals surface area (Å²) < 4.78 is 15.3. The number of nitrogens with zero attached hydrogens (tertiary/aromatic N) is 7. The summed E-state index contributed by atoms with van der Waals surface area (Å²) in [7, 11) is 0. The smallest absolute Gasteiger partial charge is 0.306 e. The van der Waals surface area contributed by atoms with Gasteiger partial charge in [0.15, 0.2) is 16.6 Å². The Labute approximate surface area is 178 Å². The lowest BCUT2D eigenvalue weighted by Crippen LogP contribution is -2.21. The number of hydrogen-bond donors (Lipinski definition) is 2. The van der Waals surface area contributed by atoms with Gasteiger partial charge >= 0.3 is 6.03 Å². The van der Waals surface area contributed by atoms with Gasteiger partial charge in [0.1, 0.15) is 6.17 Å². The number of halogens is 3. The zero-order valence-electron chi connectivity index (χ0n) is 15.0. The van der Waals surface area contributed by atoms with Crippen molar-refractivity contribution in [2.24, 2.45) is 0 Å². The molecule has 2 N–H and O–H groups in total. The number of nitrogens with one attached hydrogen (secondary N) is 2. The van der Waals surface area contributed by atoms with Crippen molar-refractivity contribution in [3.8, 4) is 5.82 Å². The summed E-state index contributed by atoms with van der Waals surface area (Å²) in [5.41, 5.74) is 1.66. The number of alkyl halides is 1. The van der Waals surface area contributed by atoms with E-state index in [1.54, 1.807) is 6.07 Å². The van der Waals surface area contributed by atoms with Gasteiger partial charge in [0.2, 0.25) is 0 Å². The first kappa shape index (κ1) is 18.7. The van der Waals surface area contributed by atoms with Gasteiger partial charge in [0.05, 0.1) is 46.9 Å². The molecule has 1 saturated carbocycles. The van der Waals surface area contributed by atoms with E-state index in [4.69, 9.17) is 23.2 Å². The van der Waals surface area contributed by atoms with Crippen molar-refractivity contribution in [3.05, 3.63) is 52.8 Å². The molecule has 0 saturated heterocycles. The number of carbonyl (C=O) groups excluding carboxylic acids is 1. The van der Waals surface area contributed by atoms with Crippen molar-refractivity contribution in [1.82, 2.24) is 34.6 Å². The van der Waals surface area contributed by atoms with Crippen LogP contribution >= 0.6 is 23.2 Å². The summed E-state index contributed by atoms with van der Waals surface area (Å²) in [6, 6.07) is 2.50. The number of carbonyl (C=O) groups is 1. The van der Waals surface area contributed by atoms with Crippen LogP contribution in [0, 0.1) is 0 Å². The van der Waals surface area contributed by atoms with Crippen molar-refractivity contribution in [2.75, 3.05) is 10.6 Å². The number of fused-ring (bicyclic) bond motifs is 1. The van der Waals surface area contributed by atoms with E-state index in [0.717, 1.165) is 0 Å². The van der Waals surface area contributed by atoms with Gasteiger partial charge in [-0.05, 0) is 12.5 Å². The normalized spacial score (nSPS) is 17.8. The third-order valence-corrected chi connectivity index (χ3v) is 4.95. The molecule has 1 fully saturated rings. The number of amides is 2. The molecule has 5 rings (SSSR count). The molecule has 152 valence electrons. The maximum atomic E-state index is 13.8. The highest BCUT2D eigenvalue weighted by Gasteiger charge is 2.42. The Morgan fingerprint density at radius 1 is 1.13 bits per heavy atom. The SMILES string of the molecule is O=C(Nc1cnc(-n2nccn2)c(Cl)c1)Nc1cnc2cc(Cl)nn2c1C1CC1F. The highest BCUT2D eigenvalue weighted by molar-refractivity contribution is 6.32. The summed E-state index contributed by atoms with van der Waals surface area (Å²) in [6.45, 7) is 0. The van der Waals surface area contributed by atoms with Crippen LogP contribution in [0.1, 0.15) is 18.0 Å². The molecule has 0 radical (unpaired) electrons. The van der Waals surface area contributed by atoms with Gasteiger partial charge in [-0.2, -0.15) is 15.3 Å². The molecule has 4 aromatic rings. The van der Waals surface area contributed by atoms with Crippen LogP contribution in [0.15, 0.2) is 36.9 Å². The van der Waals surface area contributed by atoms with Crippen molar-refractivity contribution in [3.63, 3.8) is 0 Å². The molecule has 1 aliphatic rings. The van der Waals surface area contributed by atoms with Crippen molar-refractivity contribution in [2.45, 2.75) is 18.5 Å². The molecule has 0 aromatic carbocycles. The molecule has 1 aliphatic carbocycles. The molecule has 4 aromatic heterocycles. The average molecular weight is 448 g/mol. The van der Waals surface area contributed by atoms with E-state index >= 15 is 0 Å². The molecule has 10 nitrogen and oxygen atoms in total. The molecule has 2 atom stereocenters. The number of anilines is 2. The van der Waals surface area contributed by atoms with E-state index in [0.29, 0.717) is 35.0 Å². The zero-order valence-corrected chi connectivity index (χ0v) is 16.5. The minimum Gasteiger partial charge on any atom is -0.306 e. The van der Waals surface area contributed by atoms with Crippen molar-refractivity contribution >= 4 is 46.3 Å². The van der Waals surface area contributed by atoms with Crippen LogP contribution in [-0.4, -0.2) is 46.8 Å². The van der Waals surface area contributed by atoms with E-state index in [1.165, 1.54) is 40.2 Å². The fourth-order valence-electron chi connectivity index (χ4n) is 3.08. The standard InChI is InChI=1S/C17H12Cl2FN9O/c18-10-3-8(6-22-16(10)29-23-1-2-24-29)25-17(30)26-12-7-21-14-5-13(19)27-28(14)15(12)9-4-11(9)20/h1-3,5-7,9,11H,4H2,(H2,25,26,30). The number of hydrogen-bond acceptors (Lipinski definition) is 6. The second-order valence-electron chi connectivity index (χ2n) is 6.58. The topological polar surface area (TPSA) is 115 Å². The summed E-state index contributed by atoms with van der Waals surface area (Å²) >= 11 is 12.2. The second-order valence-corrected chi connectivity index (χ2v) is 7.37.